The summed E-state index contributed by atoms with van der Waals surface area (Å²) in [6.07, 6.45) is 8.61. The average Bonchev–Trinajstić information content (AvgIpc) is 3.46. The summed E-state index contributed by atoms with van der Waals surface area (Å²) in [6.45, 7) is 2.56. The number of ether oxygens (including phenoxy) is 2. The van der Waals surface area contributed by atoms with E-state index in [-0.39, 0.29) is 58.6 Å². The number of terminal acetylenes is 1. The van der Waals surface area contributed by atoms with E-state index in [1.807, 2.05) is 4.90 Å². The number of hydrogen-bond acceptors (Lipinski definition) is 9. The first-order chi connectivity index (χ1) is 22.3. The quantitative estimate of drug-likeness (QED) is 0.286. The molecule has 0 bridgehead atoms. The van der Waals surface area contributed by atoms with Gasteiger partial charge in [-0.25, -0.2) is 13.2 Å². The molecule has 12 heteroatoms. The number of benzene rings is 2. The average molecular weight is 629 g/mol. The van der Waals surface area contributed by atoms with Crippen molar-refractivity contribution in [3.63, 3.8) is 0 Å². The van der Waals surface area contributed by atoms with Gasteiger partial charge in [0.15, 0.2) is 5.82 Å². The number of anilines is 1. The van der Waals surface area contributed by atoms with Crippen LogP contribution in [0.3, 0.4) is 0 Å². The number of aromatic hydroxyl groups is 1. The minimum atomic E-state index is -0.952. The molecule has 0 saturated carbocycles. The number of hydrogen-bond donors (Lipinski definition) is 1. The molecule has 2 aromatic carbocycles. The number of nitriles is 1. The van der Waals surface area contributed by atoms with E-state index in [2.05, 4.69) is 26.9 Å². The van der Waals surface area contributed by atoms with E-state index in [1.165, 1.54) is 30.5 Å². The smallest absolute Gasteiger partial charge is 0.319 e. The highest BCUT2D eigenvalue weighted by Gasteiger charge is 2.49. The number of halogens is 3. The van der Waals surface area contributed by atoms with Crippen molar-refractivity contribution in [2.24, 2.45) is 0 Å². The standard InChI is InChI=1S/C34H31F3N6O3/c1-2-24-27(36)6-5-20-13-22(44)14-25(28(20)24)30-29(37)31-26(16-39-30)32(42-10-4-12-45-23(18-42)7-9-38)41-33(40-31)46-19-34-8-3-11-43(34)17-21(35)15-34/h1,5-6,13-14,16,21,23,44H,3-4,7-8,10-12,15,17-19H2/t21-,23+,34+/m1/s1. The van der Waals surface area contributed by atoms with Crippen molar-refractivity contribution in [3.05, 3.63) is 47.7 Å². The monoisotopic (exact) mass is 628 g/mol. The molecule has 4 aromatic rings. The topological polar surface area (TPSA) is 108 Å². The van der Waals surface area contributed by atoms with Crippen molar-refractivity contribution in [3.8, 4) is 41.4 Å². The molecule has 0 unspecified atom stereocenters. The molecular weight excluding hydrogens is 597 g/mol. The summed E-state index contributed by atoms with van der Waals surface area (Å²) < 4.78 is 58.1. The number of rotatable bonds is 6. The second kappa shape index (κ2) is 11.9. The molecule has 3 aliphatic heterocycles. The van der Waals surface area contributed by atoms with Crippen LogP contribution in [0.2, 0.25) is 0 Å². The molecule has 2 aromatic heterocycles. The van der Waals surface area contributed by atoms with Crippen molar-refractivity contribution in [2.45, 2.75) is 49.9 Å². The Morgan fingerprint density at radius 3 is 2.87 bits per heavy atom. The first-order valence-electron chi connectivity index (χ1n) is 15.3. The highest BCUT2D eigenvalue weighted by atomic mass is 19.1. The highest BCUT2D eigenvalue weighted by molar-refractivity contribution is 6.03. The van der Waals surface area contributed by atoms with Crippen LogP contribution in [-0.4, -0.2) is 82.2 Å². The molecule has 3 fully saturated rings. The van der Waals surface area contributed by atoms with E-state index in [4.69, 9.17) is 20.9 Å². The summed E-state index contributed by atoms with van der Waals surface area (Å²) in [5, 5.41) is 20.8. The first-order valence-corrected chi connectivity index (χ1v) is 15.3. The Morgan fingerprint density at radius 2 is 2.04 bits per heavy atom. The van der Waals surface area contributed by atoms with Gasteiger partial charge in [-0.1, -0.05) is 12.0 Å². The van der Waals surface area contributed by atoms with Crippen molar-refractivity contribution in [1.82, 2.24) is 19.9 Å². The molecule has 3 aliphatic rings. The Kier molecular flexibility index (Phi) is 7.79. The van der Waals surface area contributed by atoms with Gasteiger partial charge in [0.2, 0.25) is 0 Å². The Labute approximate surface area is 263 Å². The van der Waals surface area contributed by atoms with Crippen molar-refractivity contribution >= 4 is 27.5 Å². The third kappa shape index (κ3) is 5.21. The summed E-state index contributed by atoms with van der Waals surface area (Å²) in [4.78, 5) is 17.7. The van der Waals surface area contributed by atoms with Crippen molar-refractivity contribution in [2.75, 3.05) is 44.3 Å². The zero-order valence-electron chi connectivity index (χ0n) is 25.0. The maximum Gasteiger partial charge on any atom is 0.319 e. The zero-order chi connectivity index (χ0) is 32.0. The Morgan fingerprint density at radius 1 is 1.17 bits per heavy atom. The fraction of sp³-hybridized carbons (Fsp3) is 0.412. The normalized spacial score (nSPS) is 23.3. The predicted octanol–water partition coefficient (Wildman–Crippen LogP) is 5.27. The fourth-order valence-corrected chi connectivity index (χ4v) is 7.23. The van der Waals surface area contributed by atoms with Gasteiger partial charge in [0.05, 0.1) is 35.1 Å². The lowest BCUT2D eigenvalue weighted by Crippen LogP contribution is -2.43. The van der Waals surface area contributed by atoms with Crippen LogP contribution in [0, 0.1) is 35.3 Å². The summed E-state index contributed by atoms with van der Waals surface area (Å²) in [7, 11) is 0. The molecule has 7 rings (SSSR count). The second-order valence-corrected chi connectivity index (χ2v) is 12.2. The van der Waals surface area contributed by atoms with Crippen LogP contribution >= 0.6 is 0 Å². The molecule has 9 nitrogen and oxygen atoms in total. The second-order valence-electron chi connectivity index (χ2n) is 12.2. The van der Waals surface area contributed by atoms with Crippen LogP contribution in [0.1, 0.15) is 37.7 Å². The maximum absolute atomic E-state index is 16.8. The largest absolute Gasteiger partial charge is 0.508 e. The molecule has 0 aliphatic carbocycles. The molecule has 3 saturated heterocycles. The van der Waals surface area contributed by atoms with E-state index < -0.39 is 23.3 Å². The number of aromatic nitrogens is 3. The lowest BCUT2D eigenvalue weighted by atomic mass is 9.95. The van der Waals surface area contributed by atoms with E-state index in [0.717, 1.165) is 19.4 Å². The third-order valence-electron chi connectivity index (χ3n) is 9.29. The minimum Gasteiger partial charge on any atom is -0.508 e. The molecule has 1 N–H and O–H groups in total. The summed E-state index contributed by atoms with van der Waals surface area (Å²) in [5.41, 5.74) is -0.758. The van der Waals surface area contributed by atoms with Gasteiger partial charge in [-0.2, -0.15) is 15.2 Å². The number of fused-ring (bicyclic) bond motifs is 3. The number of phenolic OH excluding ortho intramolecular Hbond substituents is 1. The van der Waals surface area contributed by atoms with E-state index in [1.54, 1.807) is 0 Å². The van der Waals surface area contributed by atoms with E-state index in [9.17, 15) is 19.1 Å². The summed E-state index contributed by atoms with van der Waals surface area (Å²) >= 11 is 0. The van der Waals surface area contributed by atoms with Gasteiger partial charge < -0.3 is 19.5 Å². The van der Waals surface area contributed by atoms with Crippen molar-refractivity contribution in [1.29, 1.82) is 5.26 Å². The molecule has 0 amide bonds. The molecular formula is C34H31F3N6O3. The van der Waals surface area contributed by atoms with Gasteiger partial charge in [0, 0.05) is 49.8 Å². The third-order valence-corrected chi connectivity index (χ3v) is 9.29. The molecule has 5 heterocycles. The predicted molar refractivity (Wildman–Crippen MR) is 165 cm³/mol. The lowest BCUT2D eigenvalue weighted by molar-refractivity contribution is 0.0722. The highest BCUT2D eigenvalue weighted by Crippen LogP contribution is 2.42. The van der Waals surface area contributed by atoms with Gasteiger partial charge >= 0.3 is 6.01 Å². The van der Waals surface area contributed by atoms with Crippen molar-refractivity contribution < 1.29 is 27.8 Å². The minimum absolute atomic E-state index is 0.0831. The van der Waals surface area contributed by atoms with E-state index in [0.29, 0.717) is 55.7 Å². The number of pyridine rings is 1. The van der Waals surface area contributed by atoms with Gasteiger partial charge in [0.1, 0.15) is 41.4 Å². The Balaban J connectivity index is 1.38. The van der Waals surface area contributed by atoms with Gasteiger partial charge in [-0.05, 0) is 49.4 Å². The van der Waals surface area contributed by atoms with Crippen LogP contribution in [0.4, 0.5) is 19.0 Å². The fourth-order valence-electron chi connectivity index (χ4n) is 7.23. The Hall–Kier alpha value is -4.65. The number of phenols is 1. The van der Waals surface area contributed by atoms with Crippen LogP contribution < -0.4 is 9.64 Å². The zero-order valence-corrected chi connectivity index (χ0v) is 25.0. The van der Waals surface area contributed by atoms with Crippen LogP contribution in [-0.2, 0) is 4.74 Å². The summed E-state index contributed by atoms with van der Waals surface area (Å²) in [5.74, 6) is 1.02. The molecule has 236 valence electrons. The van der Waals surface area contributed by atoms with Gasteiger partial charge in [-0.3, -0.25) is 9.88 Å². The van der Waals surface area contributed by atoms with Gasteiger partial charge in [-0.15, -0.1) is 6.42 Å². The number of alkyl halides is 1. The first kappa shape index (κ1) is 30.0. The molecule has 3 atom stereocenters. The molecule has 46 heavy (non-hydrogen) atoms. The number of nitrogens with zero attached hydrogens (tertiary/aromatic N) is 6. The Bertz CT molecular complexity index is 1930. The molecule has 0 spiro atoms. The SMILES string of the molecule is C#Cc1c(F)ccc2cc(O)cc(-c3ncc4c(N5CCCO[C@@H](CC#N)C5)nc(OC[C@@]56CCCN5C[C@H](F)C6)nc4c3F)c12. The lowest BCUT2D eigenvalue weighted by Gasteiger charge is -2.31. The van der Waals surface area contributed by atoms with E-state index >= 15 is 4.39 Å². The van der Waals surface area contributed by atoms with Gasteiger partial charge in [0.25, 0.3) is 0 Å². The van der Waals surface area contributed by atoms with Crippen LogP contribution in [0.15, 0.2) is 30.5 Å². The molecule has 0 radical (unpaired) electrons. The van der Waals surface area contributed by atoms with Crippen LogP contribution in [0.5, 0.6) is 11.8 Å². The summed E-state index contributed by atoms with van der Waals surface area (Å²) in [6, 6.07) is 7.42. The van der Waals surface area contributed by atoms with Crippen LogP contribution in [0.25, 0.3) is 32.9 Å². The maximum atomic E-state index is 16.8.